The Morgan fingerprint density at radius 3 is 2.19 bits per heavy atom. The predicted molar refractivity (Wildman–Crippen MR) is 120 cm³/mol. The SMILES string of the molecule is N#CCCN(C(=O)COC(=O)c1ccccc1NC(=O)c1ccccc1)c1ccccc1. The average Bonchev–Trinajstić information content (AvgIpc) is 2.84. The van der Waals surface area contributed by atoms with Gasteiger partial charge < -0.3 is 15.0 Å². The van der Waals surface area contributed by atoms with Gasteiger partial charge >= 0.3 is 5.97 Å². The monoisotopic (exact) mass is 427 g/mol. The van der Waals surface area contributed by atoms with E-state index < -0.39 is 18.5 Å². The third-order valence-corrected chi connectivity index (χ3v) is 4.57. The molecule has 0 fully saturated rings. The molecule has 0 atom stereocenters. The summed E-state index contributed by atoms with van der Waals surface area (Å²) >= 11 is 0. The molecule has 0 heterocycles. The molecular weight excluding hydrogens is 406 g/mol. The lowest BCUT2D eigenvalue weighted by Crippen LogP contribution is -2.35. The molecule has 3 rings (SSSR count). The summed E-state index contributed by atoms with van der Waals surface area (Å²) in [6.07, 6.45) is 0.142. The lowest BCUT2D eigenvalue weighted by atomic mass is 10.1. The van der Waals surface area contributed by atoms with E-state index in [-0.39, 0.29) is 30.1 Å². The minimum absolute atomic E-state index is 0.132. The Kier molecular flexibility index (Phi) is 7.71. The van der Waals surface area contributed by atoms with E-state index in [1.54, 1.807) is 72.8 Å². The Morgan fingerprint density at radius 2 is 1.50 bits per heavy atom. The average molecular weight is 427 g/mol. The first kappa shape index (κ1) is 22.2. The van der Waals surface area contributed by atoms with Crippen molar-refractivity contribution in [1.82, 2.24) is 0 Å². The van der Waals surface area contributed by atoms with E-state index in [1.807, 2.05) is 12.1 Å². The van der Waals surface area contributed by atoms with Gasteiger partial charge in [0, 0.05) is 17.8 Å². The van der Waals surface area contributed by atoms with Crippen LogP contribution in [0.4, 0.5) is 11.4 Å². The minimum atomic E-state index is -0.740. The zero-order valence-corrected chi connectivity index (χ0v) is 17.2. The number of ether oxygens (including phenoxy) is 1. The van der Waals surface area contributed by atoms with E-state index >= 15 is 0 Å². The highest BCUT2D eigenvalue weighted by Crippen LogP contribution is 2.18. The van der Waals surface area contributed by atoms with Crippen molar-refractivity contribution in [1.29, 1.82) is 5.26 Å². The van der Waals surface area contributed by atoms with Crippen LogP contribution in [0.5, 0.6) is 0 Å². The summed E-state index contributed by atoms with van der Waals surface area (Å²) in [5.74, 6) is -1.56. The van der Waals surface area contributed by atoms with Gasteiger partial charge in [-0.15, -0.1) is 0 Å². The third kappa shape index (κ3) is 5.80. The number of nitrogens with one attached hydrogen (secondary N) is 1. The molecular formula is C25H21N3O4. The van der Waals surface area contributed by atoms with Crippen molar-refractivity contribution in [2.75, 3.05) is 23.4 Å². The molecule has 160 valence electrons. The standard InChI is InChI=1S/C25H21N3O4/c26-16-9-17-28(20-12-5-2-6-13-20)23(29)18-32-25(31)21-14-7-8-15-22(21)27-24(30)19-10-3-1-4-11-19/h1-8,10-15H,9,17-18H2,(H,27,30). The molecule has 0 aliphatic rings. The van der Waals surface area contributed by atoms with Crippen LogP contribution in [0.25, 0.3) is 0 Å². The van der Waals surface area contributed by atoms with Crippen LogP contribution >= 0.6 is 0 Å². The number of anilines is 2. The summed E-state index contributed by atoms with van der Waals surface area (Å²) in [6.45, 7) is -0.319. The van der Waals surface area contributed by atoms with Crippen LogP contribution in [0.3, 0.4) is 0 Å². The van der Waals surface area contributed by atoms with Crippen molar-refractivity contribution in [3.8, 4) is 6.07 Å². The van der Waals surface area contributed by atoms with Gasteiger partial charge in [-0.1, -0.05) is 48.5 Å². The number of hydrogen-bond acceptors (Lipinski definition) is 5. The molecule has 2 amide bonds. The number of carbonyl (C=O) groups excluding carboxylic acids is 3. The Hall–Kier alpha value is -4.44. The summed E-state index contributed by atoms with van der Waals surface area (Å²) in [5.41, 5.74) is 1.47. The van der Waals surface area contributed by atoms with E-state index in [9.17, 15) is 14.4 Å². The maximum atomic E-state index is 12.7. The number of rotatable bonds is 8. The van der Waals surface area contributed by atoms with Gasteiger partial charge in [-0.05, 0) is 36.4 Å². The van der Waals surface area contributed by atoms with E-state index in [4.69, 9.17) is 10.00 Å². The number of esters is 1. The first-order chi connectivity index (χ1) is 15.6. The maximum Gasteiger partial charge on any atom is 0.340 e. The number of hydrogen-bond donors (Lipinski definition) is 1. The first-order valence-corrected chi connectivity index (χ1v) is 9.95. The van der Waals surface area contributed by atoms with E-state index in [0.717, 1.165) is 0 Å². The number of para-hydroxylation sites is 2. The number of carbonyl (C=O) groups is 3. The molecule has 0 radical (unpaired) electrons. The largest absolute Gasteiger partial charge is 0.452 e. The van der Waals surface area contributed by atoms with Gasteiger partial charge in [0.25, 0.3) is 11.8 Å². The second kappa shape index (κ2) is 11.1. The summed E-state index contributed by atoms with van der Waals surface area (Å²) in [4.78, 5) is 39.2. The van der Waals surface area contributed by atoms with Gasteiger partial charge in [-0.2, -0.15) is 5.26 Å². The Balaban J connectivity index is 1.68. The summed E-state index contributed by atoms with van der Waals surface area (Å²) in [6, 6.07) is 25.9. The van der Waals surface area contributed by atoms with Crippen molar-refractivity contribution in [2.45, 2.75) is 6.42 Å². The molecule has 0 unspecified atom stereocenters. The third-order valence-electron chi connectivity index (χ3n) is 4.57. The molecule has 0 saturated heterocycles. The molecule has 32 heavy (non-hydrogen) atoms. The van der Waals surface area contributed by atoms with Crippen molar-refractivity contribution in [3.05, 3.63) is 96.1 Å². The van der Waals surface area contributed by atoms with E-state index in [1.165, 1.54) is 11.0 Å². The van der Waals surface area contributed by atoms with Crippen LogP contribution in [0.15, 0.2) is 84.9 Å². The highest BCUT2D eigenvalue weighted by molar-refractivity contribution is 6.08. The minimum Gasteiger partial charge on any atom is -0.452 e. The topological polar surface area (TPSA) is 99.5 Å². The molecule has 0 spiro atoms. The molecule has 0 aliphatic heterocycles. The van der Waals surface area contributed by atoms with Crippen molar-refractivity contribution < 1.29 is 19.1 Å². The van der Waals surface area contributed by atoms with E-state index in [0.29, 0.717) is 11.3 Å². The molecule has 0 bridgehead atoms. The molecule has 0 aromatic heterocycles. The quantitative estimate of drug-likeness (QED) is 0.547. The first-order valence-electron chi connectivity index (χ1n) is 9.95. The number of nitriles is 1. The zero-order valence-electron chi connectivity index (χ0n) is 17.2. The van der Waals surface area contributed by atoms with Crippen molar-refractivity contribution >= 4 is 29.2 Å². The molecule has 3 aromatic carbocycles. The Morgan fingerprint density at radius 1 is 0.875 bits per heavy atom. The van der Waals surface area contributed by atoms with Crippen LogP contribution in [0.2, 0.25) is 0 Å². The van der Waals surface area contributed by atoms with Crippen LogP contribution in [0.1, 0.15) is 27.1 Å². The number of nitrogens with zero attached hydrogens (tertiary/aromatic N) is 2. The second-order valence-electron chi connectivity index (χ2n) is 6.73. The summed E-state index contributed by atoms with van der Waals surface area (Å²) < 4.78 is 5.24. The predicted octanol–water partition coefficient (Wildman–Crippen LogP) is 4.04. The Bertz CT molecular complexity index is 1120. The normalized spacial score (nSPS) is 9.97. The van der Waals surface area contributed by atoms with Gasteiger partial charge in [-0.3, -0.25) is 9.59 Å². The van der Waals surface area contributed by atoms with Crippen LogP contribution in [0, 0.1) is 11.3 Å². The molecule has 0 aliphatic carbocycles. The molecule has 1 N–H and O–H groups in total. The number of benzene rings is 3. The van der Waals surface area contributed by atoms with Crippen LogP contribution in [-0.4, -0.2) is 30.9 Å². The summed E-state index contributed by atoms with van der Waals surface area (Å²) in [7, 11) is 0. The second-order valence-corrected chi connectivity index (χ2v) is 6.73. The Labute approximate surface area is 185 Å². The number of amides is 2. The smallest absolute Gasteiger partial charge is 0.340 e. The van der Waals surface area contributed by atoms with Crippen molar-refractivity contribution in [2.24, 2.45) is 0 Å². The van der Waals surface area contributed by atoms with Crippen LogP contribution in [-0.2, 0) is 9.53 Å². The maximum absolute atomic E-state index is 12.7. The fourth-order valence-electron chi connectivity index (χ4n) is 3.00. The molecule has 7 heteroatoms. The molecule has 3 aromatic rings. The summed E-state index contributed by atoms with van der Waals surface area (Å²) in [5, 5.41) is 11.6. The van der Waals surface area contributed by atoms with Crippen LogP contribution < -0.4 is 10.2 Å². The van der Waals surface area contributed by atoms with E-state index in [2.05, 4.69) is 5.32 Å². The van der Waals surface area contributed by atoms with Gasteiger partial charge in [-0.25, -0.2) is 4.79 Å². The molecule has 0 saturated carbocycles. The molecule has 7 nitrogen and oxygen atoms in total. The fourth-order valence-corrected chi connectivity index (χ4v) is 3.00. The van der Waals surface area contributed by atoms with Gasteiger partial charge in [0.2, 0.25) is 0 Å². The van der Waals surface area contributed by atoms with Gasteiger partial charge in [0.1, 0.15) is 0 Å². The zero-order chi connectivity index (χ0) is 22.8. The highest BCUT2D eigenvalue weighted by atomic mass is 16.5. The lowest BCUT2D eigenvalue weighted by molar-refractivity contribution is -0.121. The fraction of sp³-hybridized carbons (Fsp3) is 0.120. The van der Waals surface area contributed by atoms with Gasteiger partial charge in [0.05, 0.1) is 23.7 Å². The van der Waals surface area contributed by atoms with Gasteiger partial charge in [0.15, 0.2) is 6.61 Å². The van der Waals surface area contributed by atoms with Crippen molar-refractivity contribution in [3.63, 3.8) is 0 Å². The highest BCUT2D eigenvalue weighted by Gasteiger charge is 2.20. The lowest BCUT2D eigenvalue weighted by Gasteiger charge is -2.21.